The van der Waals surface area contributed by atoms with E-state index in [9.17, 15) is 0 Å². The highest BCUT2D eigenvalue weighted by molar-refractivity contribution is 5.26. The Morgan fingerprint density at radius 2 is 2.08 bits per heavy atom. The van der Waals surface area contributed by atoms with Crippen molar-refractivity contribution in [3.63, 3.8) is 0 Å². The number of ether oxygens (including phenoxy) is 2. The Morgan fingerprint density at radius 3 is 2.62 bits per heavy atom. The molecule has 0 aliphatic heterocycles. The van der Waals surface area contributed by atoms with E-state index in [2.05, 4.69) is 12.3 Å². The first-order chi connectivity index (χ1) is 6.36. The van der Waals surface area contributed by atoms with Crippen molar-refractivity contribution in [2.75, 3.05) is 7.11 Å². The molecule has 1 rings (SSSR count). The van der Waals surface area contributed by atoms with Crippen LogP contribution >= 0.6 is 0 Å². The number of benzene rings is 1. The monoisotopic (exact) mass is 176 g/mol. The molecule has 0 spiro atoms. The van der Waals surface area contributed by atoms with Gasteiger partial charge >= 0.3 is 0 Å². The number of hydrogen-bond acceptors (Lipinski definition) is 2. The zero-order valence-corrected chi connectivity index (χ0v) is 7.62. The molecule has 68 valence electrons. The lowest BCUT2D eigenvalue weighted by atomic mass is 10.2. The Morgan fingerprint density at radius 1 is 1.38 bits per heavy atom. The van der Waals surface area contributed by atoms with Crippen LogP contribution in [0.5, 0.6) is 5.75 Å². The average Bonchev–Trinajstić information content (AvgIpc) is 2.19. The summed E-state index contributed by atoms with van der Waals surface area (Å²) in [5.74, 6) is 0.850. The van der Waals surface area contributed by atoms with E-state index in [-0.39, 0.29) is 0 Å². The summed E-state index contributed by atoms with van der Waals surface area (Å²) in [5, 5.41) is 0. The van der Waals surface area contributed by atoms with Crippen LogP contribution in [0.1, 0.15) is 5.56 Å². The van der Waals surface area contributed by atoms with E-state index in [1.807, 2.05) is 24.3 Å². The van der Waals surface area contributed by atoms with E-state index in [4.69, 9.17) is 9.47 Å². The summed E-state index contributed by atoms with van der Waals surface area (Å²) in [7, 11) is 1.64. The van der Waals surface area contributed by atoms with Gasteiger partial charge in [0.2, 0.25) is 0 Å². The molecule has 0 amide bonds. The first-order valence-electron chi connectivity index (χ1n) is 3.95. The lowest BCUT2D eigenvalue weighted by Crippen LogP contribution is -1.87. The average molecular weight is 176 g/mol. The van der Waals surface area contributed by atoms with E-state index in [0.29, 0.717) is 6.61 Å². The lowest BCUT2D eigenvalue weighted by molar-refractivity contribution is 0.237. The highest BCUT2D eigenvalue weighted by Crippen LogP contribution is 2.11. The Bertz CT molecular complexity index is 294. The van der Waals surface area contributed by atoms with Gasteiger partial charge in [0.25, 0.3) is 0 Å². The van der Waals surface area contributed by atoms with Crippen LogP contribution in [0, 0.1) is 0 Å². The van der Waals surface area contributed by atoms with Gasteiger partial charge in [-0.05, 0) is 17.7 Å². The van der Waals surface area contributed by atoms with E-state index < -0.39 is 0 Å². The minimum atomic E-state index is 0.534. The maximum absolute atomic E-state index is 5.10. The molecule has 0 saturated heterocycles. The topological polar surface area (TPSA) is 18.5 Å². The van der Waals surface area contributed by atoms with Gasteiger partial charge in [0.15, 0.2) is 0 Å². The van der Waals surface area contributed by atoms with E-state index in [0.717, 1.165) is 11.3 Å². The second-order valence-corrected chi connectivity index (χ2v) is 2.48. The predicted molar refractivity (Wildman–Crippen MR) is 51.5 cm³/mol. The molecule has 1 aromatic carbocycles. The molecule has 2 nitrogen and oxygen atoms in total. The van der Waals surface area contributed by atoms with Gasteiger partial charge in [0, 0.05) is 0 Å². The highest BCUT2D eigenvalue weighted by Gasteiger charge is 1.92. The smallest absolute Gasteiger partial charge is 0.125 e. The van der Waals surface area contributed by atoms with Crippen LogP contribution < -0.4 is 4.74 Å². The summed E-state index contributed by atoms with van der Waals surface area (Å²) in [6.45, 7) is 3.93. The second kappa shape index (κ2) is 5.07. The van der Waals surface area contributed by atoms with E-state index in [1.165, 1.54) is 6.26 Å². The summed E-state index contributed by atoms with van der Waals surface area (Å²) in [5.41, 5.74) is 3.63. The predicted octanol–water partition coefficient (Wildman–Crippen LogP) is 2.51. The molecule has 0 saturated carbocycles. The minimum absolute atomic E-state index is 0.534. The normalized spacial score (nSPS) is 8.69. The molecule has 0 radical (unpaired) electrons. The lowest BCUT2D eigenvalue weighted by Gasteiger charge is -2.02. The molecule has 1 aromatic rings. The fourth-order valence-corrected chi connectivity index (χ4v) is 0.919. The summed E-state index contributed by atoms with van der Waals surface area (Å²) < 4.78 is 10.1. The first kappa shape index (κ1) is 9.43. The third kappa shape index (κ3) is 3.06. The molecule has 13 heavy (non-hydrogen) atoms. The molecular weight excluding hydrogens is 164 g/mol. The van der Waals surface area contributed by atoms with Gasteiger partial charge in [0.1, 0.15) is 18.6 Å². The third-order valence-corrected chi connectivity index (χ3v) is 1.58. The van der Waals surface area contributed by atoms with Crippen molar-refractivity contribution in [1.82, 2.24) is 0 Å². The van der Waals surface area contributed by atoms with Crippen molar-refractivity contribution in [2.45, 2.75) is 6.61 Å². The first-order valence-corrected chi connectivity index (χ1v) is 3.95. The van der Waals surface area contributed by atoms with Crippen molar-refractivity contribution >= 4 is 0 Å². The van der Waals surface area contributed by atoms with Crippen LogP contribution in [0.3, 0.4) is 0 Å². The quantitative estimate of drug-likeness (QED) is 0.518. The van der Waals surface area contributed by atoms with Crippen molar-refractivity contribution < 1.29 is 9.47 Å². The molecular formula is C11H12O2. The Hall–Kier alpha value is -1.66. The van der Waals surface area contributed by atoms with Gasteiger partial charge < -0.3 is 9.47 Å². The van der Waals surface area contributed by atoms with Gasteiger partial charge in [-0.3, -0.25) is 0 Å². The fraction of sp³-hybridized carbons (Fsp3) is 0.182. The molecule has 0 unspecified atom stereocenters. The number of rotatable bonds is 4. The number of methoxy groups -OCH3 is 1. The molecule has 0 aromatic heterocycles. The van der Waals surface area contributed by atoms with Gasteiger partial charge in [-0.25, -0.2) is 0 Å². The van der Waals surface area contributed by atoms with Crippen molar-refractivity contribution in [2.24, 2.45) is 0 Å². The molecule has 0 N–H and O–H groups in total. The van der Waals surface area contributed by atoms with Crippen molar-refractivity contribution in [3.05, 3.63) is 48.4 Å². The second-order valence-electron chi connectivity index (χ2n) is 2.48. The van der Waals surface area contributed by atoms with Crippen LogP contribution in [0.2, 0.25) is 0 Å². The summed E-state index contributed by atoms with van der Waals surface area (Å²) in [6.07, 6.45) is 1.45. The Labute approximate surface area is 78.1 Å². The van der Waals surface area contributed by atoms with Gasteiger partial charge in [-0.15, -0.1) is 0 Å². The zero-order valence-electron chi connectivity index (χ0n) is 7.62. The molecule has 0 aliphatic rings. The zero-order chi connectivity index (χ0) is 9.52. The number of hydrogen-bond donors (Lipinski definition) is 0. The van der Waals surface area contributed by atoms with Crippen molar-refractivity contribution in [3.8, 4) is 5.75 Å². The molecule has 0 heterocycles. The largest absolute Gasteiger partial charge is 0.497 e. The Kier molecular flexibility index (Phi) is 3.68. The Balaban J connectivity index is 2.53. The molecule has 0 fully saturated rings. The SMILES string of the molecule is C=C=COCc1ccc(OC)cc1. The summed E-state index contributed by atoms with van der Waals surface area (Å²) in [4.78, 5) is 0. The highest BCUT2D eigenvalue weighted by atomic mass is 16.5. The maximum Gasteiger partial charge on any atom is 0.125 e. The minimum Gasteiger partial charge on any atom is -0.497 e. The molecule has 2 heteroatoms. The summed E-state index contributed by atoms with van der Waals surface area (Å²) >= 11 is 0. The van der Waals surface area contributed by atoms with Gasteiger partial charge in [-0.2, -0.15) is 0 Å². The van der Waals surface area contributed by atoms with Crippen LogP contribution in [-0.2, 0) is 11.3 Å². The van der Waals surface area contributed by atoms with Crippen LogP contribution in [0.15, 0.2) is 42.8 Å². The van der Waals surface area contributed by atoms with Gasteiger partial charge in [0.05, 0.1) is 7.11 Å². The van der Waals surface area contributed by atoms with Gasteiger partial charge in [-0.1, -0.05) is 24.4 Å². The van der Waals surface area contributed by atoms with Crippen LogP contribution in [0.4, 0.5) is 0 Å². The molecule has 0 bridgehead atoms. The standard InChI is InChI=1S/C11H12O2/c1-3-8-13-9-10-4-6-11(12-2)7-5-10/h4-8H,1,9H2,2H3. The van der Waals surface area contributed by atoms with E-state index >= 15 is 0 Å². The fourth-order valence-electron chi connectivity index (χ4n) is 0.919. The molecule has 0 atom stereocenters. The maximum atomic E-state index is 5.10. The van der Waals surface area contributed by atoms with Crippen LogP contribution in [0.25, 0.3) is 0 Å². The van der Waals surface area contributed by atoms with Crippen LogP contribution in [-0.4, -0.2) is 7.11 Å². The van der Waals surface area contributed by atoms with E-state index in [1.54, 1.807) is 7.11 Å². The summed E-state index contributed by atoms with van der Waals surface area (Å²) in [6, 6.07) is 7.71. The third-order valence-electron chi connectivity index (χ3n) is 1.58. The molecule has 0 aliphatic carbocycles. The van der Waals surface area contributed by atoms with Crippen molar-refractivity contribution in [1.29, 1.82) is 0 Å².